The lowest BCUT2D eigenvalue weighted by Gasteiger charge is -2.26. The highest BCUT2D eigenvalue weighted by molar-refractivity contribution is 7.98. The fraction of sp³-hybridized carbons (Fsp3) is 0.111. The van der Waals surface area contributed by atoms with Gasteiger partial charge in [-0.05, 0) is 77.0 Å². The molecule has 4 aromatic rings. The largest absolute Gasteiger partial charge is 0.311 e. The van der Waals surface area contributed by atoms with Crippen LogP contribution in [0.25, 0.3) is 11.1 Å². The van der Waals surface area contributed by atoms with E-state index in [4.69, 9.17) is 0 Å². The molecule has 0 aliphatic rings. The van der Waals surface area contributed by atoms with E-state index in [1.54, 1.807) is 11.8 Å². The van der Waals surface area contributed by atoms with Gasteiger partial charge in [-0.25, -0.2) is 0 Å². The Bertz CT molecular complexity index is 1060. The van der Waals surface area contributed by atoms with Gasteiger partial charge in [-0.3, -0.25) is 0 Å². The summed E-state index contributed by atoms with van der Waals surface area (Å²) in [5, 5.41) is 0. The van der Waals surface area contributed by atoms with Gasteiger partial charge in [-0.2, -0.15) is 25.3 Å². The van der Waals surface area contributed by atoms with Crippen molar-refractivity contribution in [3.05, 3.63) is 108 Å². The van der Waals surface area contributed by atoms with Gasteiger partial charge in [0, 0.05) is 33.5 Å². The van der Waals surface area contributed by atoms with Crippen molar-refractivity contribution in [2.75, 3.05) is 11.2 Å². The highest BCUT2D eigenvalue weighted by Crippen LogP contribution is 2.36. The van der Waals surface area contributed by atoms with E-state index < -0.39 is 0 Å². The third kappa shape index (κ3) is 5.15. The number of thioether (sulfide) groups is 1. The number of hydrogen-bond donors (Lipinski definition) is 2. The molecule has 0 bridgehead atoms. The second kappa shape index (κ2) is 10.4. The SMILES string of the molecule is CSc1ccc(-c2ccc(N(c3ccc(CS)cc3)c3ccc(CS)cc3)cc2)cc1. The topological polar surface area (TPSA) is 3.24 Å². The van der Waals surface area contributed by atoms with Gasteiger partial charge >= 0.3 is 0 Å². The predicted octanol–water partition coefficient (Wildman–Crippen LogP) is 8.40. The average Bonchev–Trinajstić information content (AvgIpc) is 2.85. The molecule has 0 unspecified atom stereocenters. The van der Waals surface area contributed by atoms with Crippen molar-refractivity contribution in [3.63, 3.8) is 0 Å². The number of hydrogen-bond acceptors (Lipinski definition) is 4. The van der Waals surface area contributed by atoms with Crippen LogP contribution in [0.2, 0.25) is 0 Å². The normalized spacial score (nSPS) is 10.8. The Hall–Kier alpha value is -2.27. The molecule has 0 aliphatic carbocycles. The average molecular weight is 460 g/mol. The summed E-state index contributed by atoms with van der Waals surface area (Å²) in [5.41, 5.74) is 8.24. The van der Waals surface area contributed by atoms with Crippen LogP contribution < -0.4 is 4.90 Å². The summed E-state index contributed by atoms with van der Waals surface area (Å²) in [6.07, 6.45) is 2.10. The first-order chi connectivity index (χ1) is 15.2. The maximum atomic E-state index is 4.39. The van der Waals surface area contributed by atoms with Crippen LogP contribution in [-0.4, -0.2) is 6.26 Å². The van der Waals surface area contributed by atoms with E-state index in [-0.39, 0.29) is 0 Å². The molecular weight excluding hydrogens is 435 g/mol. The fourth-order valence-electron chi connectivity index (χ4n) is 3.53. The maximum Gasteiger partial charge on any atom is 0.0462 e. The quantitative estimate of drug-likeness (QED) is 0.211. The Balaban J connectivity index is 1.71. The van der Waals surface area contributed by atoms with Crippen LogP contribution in [0.15, 0.2) is 102 Å². The summed E-state index contributed by atoms with van der Waals surface area (Å²) in [5.74, 6) is 1.47. The number of nitrogens with zero attached hydrogens (tertiary/aromatic N) is 1. The van der Waals surface area contributed by atoms with Gasteiger partial charge in [0.25, 0.3) is 0 Å². The Morgan fingerprint density at radius 2 is 0.903 bits per heavy atom. The number of rotatable bonds is 7. The first-order valence-electron chi connectivity index (χ1n) is 10.2. The molecule has 0 radical (unpaired) electrons. The minimum atomic E-state index is 0.737. The summed E-state index contributed by atoms with van der Waals surface area (Å²) < 4.78 is 0. The van der Waals surface area contributed by atoms with Gasteiger partial charge in [0.2, 0.25) is 0 Å². The van der Waals surface area contributed by atoms with Crippen molar-refractivity contribution in [3.8, 4) is 11.1 Å². The molecule has 0 N–H and O–H groups in total. The van der Waals surface area contributed by atoms with Gasteiger partial charge in [0.15, 0.2) is 0 Å². The Kier molecular flexibility index (Phi) is 7.33. The first kappa shape index (κ1) is 21.9. The molecule has 0 atom stereocenters. The third-order valence-electron chi connectivity index (χ3n) is 5.30. The smallest absolute Gasteiger partial charge is 0.0462 e. The van der Waals surface area contributed by atoms with Crippen molar-refractivity contribution in [1.82, 2.24) is 0 Å². The molecule has 0 saturated heterocycles. The molecule has 0 spiro atoms. The molecule has 4 rings (SSSR count). The maximum absolute atomic E-state index is 4.39. The minimum Gasteiger partial charge on any atom is -0.311 e. The standard InChI is InChI=1S/C27H25NS3/c1-31-27-16-8-23(9-17-27)22-6-14-26(15-7-22)28(24-10-2-20(18-29)3-11-24)25-12-4-21(19-30)5-13-25/h2-17,29-30H,18-19H2,1H3. The fourth-order valence-corrected chi connectivity index (χ4v) is 4.36. The lowest BCUT2D eigenvalue weighted by atomic mass is 10.0. The zero-order chi connectivity index (χ0) is 21.6. The van der Waals surface area contributed by atoms with Gasteiger partial charge in [0.05, 0.1) is 0 Å². The predicted molar refractivity (Wildman–Crippen MR) is 144 cm³/mol. The molecule has 0 fully saturated rings. The molecule has 4 heteroatoms. The van der Waals surface area contributed by atoms with Gasteiger partial charge in [-0.15, -0.1) is 11.8 Å². The Labute approximate surface area is 200 Å². The number of anilines is 3. The second-order valence-corrected chi connectivity index (χ2v) is 8.77. The van der Waals surface area contributed by atoms with Crippen molar-refractivity contribution in [2.45, 2.75) is 16.4 Å². The number of benzene rings is 4. The van der Waals surface area contributed by atoms with Crippen LogP contribution in [0.5, 0.6) is 0 Å². The second-order valence-electron chi connectivity index (χ2n) is 7.26. The van der Waals surface area contributed by atoms with Crippen LogP contribution in [0, 0.1) is 0 Å². The van der Waals surface area contributed by atoms with Crippen molar-refractivity contribution >= 4 is 54.1 Å². The minimum absolute atomic E-state index is 0.737. The molecule has 0 amide bonds. The highest BCUT2D eigenvalue weighted by atomic mass is 32.2. The van der Waals surface area contributed by atoms with E-state index in [0.717, 1.165) is 28.6 Å². The van der Waals surface area contributed by atoms with Crippen molar-refractivity contribution in [2.24, 2.45) is 0 Å². The Morgan fingerprint density at radius 3 is 1.26 bits per heavy atom. The molecule has 0 saturated carbocycles. The molecule has 0 aromatic heterocycles. The van der Waals surface area contributed by atoms with Gasteiger partial charge in [0.1, 0.15) is 0 Å². The monoisotopic (exact) mass is 459 g/mol. The van der Waals surface area contributed by atoms with Crippen LogP contribution >= 0.6 is 37.0 Å². The molecule has 31 heavy (non-hydrogen) atoms. The van der Waals surface area contributed by atoms with Crippen LogP contribution in [0.4, 0.5) is 17.1 Å². The number of thiol groups is 2. The van der Waals surface area contributed by atoms with Crippen LogP contribution in [0.3, 0.4) is 0 Å². The van der Waals surface area contributed by atoms with E-state index in [1.807, 2.05) is 0 Å². The lowest BCUT2D eigenvalue weighted by molar-refractivity contribution is 1.26. The van der Waals surface area contributed by atoms with Crippen molar-refractivity contribution < 1.29 is 0 Å². The van der Waals surface area contributed by atoms with Gasteiger partial charge in [-0.1, -0.05) is 48.5 Å². The molecule has 0 aliphatic heterocycles. The first-order valence-corrected chi connectivity index (χ1v) is 12.6. The summed E-state index contributed by atoms with van der Waals surface area (Å²) in [4.78, 5) is 3.56. The molecular formula is C27H25NS3. The summed E-state index contributed by atoms with van der Waals surface area (Å²) in [6.45, 7) is 0. The van der Waals surface area contributed by atoms with E-state index in [9.17, 15) is 0 Å². The molecule has 0 heterocycles. The Morgan fingerprint density at radius 1 is 0.548 bits per heavy atom. The molecule has 4 aromatic carbocycles. The summed E-state index contributed by atoms with van der Waals surface area (Å²) >= 11 is 10.6. The van der Waals surface area contributed by atoms with E-state index >= 15 is 0 Å². The van der Waals surface area contributed by atoms with E-state index in [1.165, 1.54) is 27.1 Å². The lowest BCUT2D eigenvalue weighted by Crippen LogP contribution is -2.10. The van der Waals surface area contributed by atoms with Gasteiger partial charge < -0.3 is 4.90 Å². The van der Waals surface area contributed by atoms with Crippen LogP contribution in [-0.2, 0) is 11.5 Å². The molecule has 156 valence electrons. The third-order valence-corrected chi connectivity index (χ3v) is 6.78. The molecule has 1 nitrogen and oxygen atoms in total. The summed E-state index contributed by atoms with van der Waals surface area (Å²) in [6, 6.07) is 34.7. The van der Waals surface area contributed by atoms with E-state index in [2.05, 4.69) is 133 Å². The zero-order valence-corrected chi connectivity index (χ0v) is 20.0. The van der Waals surface area contributed by atoms with Crippen LogP contribution in [0.1, 0.15) is 11.1 Å². The zero-order valence-electron chi connectivity index (χ0n) is 17.4. The highest BCUT2D eigenvalue weighted by Gasteiger charge is 2.13. The summed E-state index contributed by atoms with van der Waals surface area (Å²) in [7, 11) is 0. The van der Waals surface area contributed by atoms with E-state index in [0.29, 0.717) is 0 Å². The van der Waals surface area contributed by atoms with Crippen molar-refractivity contribution in [1.29, 1.82) is 0 Å².